The van der Waals surface area contributed by atoms with Crippen LogP contribution in [0.5, 0.6) is 0 Å². The molecule has 1 rings (SSSR count). The first-order valence-electron chi connectivity index (χ1n) is 4.07. The van der Waals surface area contributed by atoms with E-state index in [4.69, 9.17) is 6.42 Å². The molecule has 1 atom stereocenters. The quantitative estimate of drug-likeness (QED) is 0.442. The molecule has 1 unspecified atom stereocenters. The summed E-state index contributed by atoms with van der Waals surface area (Å²) in [5, 5.41) is 0. The number of rotatable bonds is 2. The fraction of sp³-hybridized carbons (Fsp3) is 0.167. The highest BCUT2D eigenvalue weighted by Gasteiger charge is 2.02. The van der Waals surface area contributed by atoms with E-state index in [0.717, 1.165) is 5.56 Å². The van der Waals surface area contributed by atoms with Gasteiger partial charge in [-0.1, -0.05) is 18.9 Å². The molecule has 0 radical (unpaired) electrons. The Balaban J connectivity index is 3.17. The number of hydrogen-bond donors (Lipinski definition) is 0. The average molecular weight is 282 g/mol. The minimum absolute atomic E-state index is 0.363. The Labute approximate surface area is 93.2 Å². The normalized spacial score (nSPS) is 11.8. The van der Waals surface area contributed by atoms with Crippen molar-refractivity contribution < 1.29 is 0 Å². The molecule has 1 aromatic rings. The van der Waals surface area contributed by atoms with E-state index in [-0.39, 0.29) is 0 Å². The summed E-state index contributed by atoms with van der Waals surface area (Å²) >= 11 is 2.27. The highest BCUT2D eigenvalue weighted by atomic mass is 127. The molecule has 1 heteroatoms. The van der Waals surface area contributed by atoms with Crippen LogP contribution in [0, 0.1) is 15.9 Å². The predicted octanol–water partition coefficient (Wildman–Crippen LogP) is 3.56. The number of terminal acetylenes is 1. The van der Waals surface area contributed by atoms with Crippen molar-refractivity contribution in [2.24, 2.45) is 0 Å². The van der Waals surface area contributed by atoms with E-state index in [1.807, 2.05) is 18.2 Å². The molecule has 0 nitrogen and oxygen atoms in total. The van der Waals surface area contributed by atoms with Crippen LogP contribution < -0.4 is 0 Å². The summed E-state index contributed by atoms with van der Waals surface area (Å²) in [5.74, 6) is 3.01. The Morgan fingerprint density at radius 1 is 1.54 bits per heavy atom. The van der Waals surface area contributed by atoms with Gasteiger partial charge in [0.1, 0.15) is 0 Å². The summed E-state index contributed by atoms with van der Waals surface area (Å²) in [6.45, 7) is 5.88. The van der Waals surface area contributed by atoms with Gasteiger partial charge in [0, 0.05) is 9.13 Å². The second kappa shape index (κ2) is 4.48. The van der Waals surface area contributed by atoms with E-state index in [2.05, 4.69) is 48.1 Å². The number of hydrogen-bond acceptors (Lipinski definition) is 0. The summed E-state index contributed by atoms with van der Waals surface area (Å²) in [4.78, 5) is 0. The summed E-state index contributed by atoms with van der Waals surface area (Å²) < 4.78 is 1.18. The highest BCUT2D eigenvalue weighted by Crippen LogP contribution is 2.20. The minimum Gasteiger partial charge on any atom is -0.115 e. The highest BCUT2D eigenvalue weighted by molar-refractivity contribution is 14.1. The molecular weight excluding hydrogens is 271 g/mol. The maximum atomic E-state index is 5.35. The van der Waals surface area contributed by atoms with E-state index in [9.17, 15) is 0 Å². The standard InChI is InChI=1S/C12H11I/c1-4-9(3)11-6-10(5-2)7-12(13)8-11/h2,4,6-9H,1H2,3H3. The Bertz CT molecular complexity index is 358. The van der Waals surface area contributed by atoms with Gasteiger partial charge < -0.3 is 0 Å². The lowest BCUT2D eigenvalue weighted by Gasteiger charge is -2.07. The molecule has 0 spiro atoms. The Kier molecular flexibility index (Phi) is 3.56. The maximum absolute atomic E-state index is 5.35. The minimum atomic E-state index is 0.363. The van der Waals surface area contributed by atoms with Gasteiger partial charge in [-0.2, -0.15) is 0 Å². The topological polar surface area (TPSA) is 0 Å². The molecule has 0 aromatic heterocycles. The summed E-state index contributed by atoms with van der Waals surface area (Å²) in [5.41, 5.74) is 2.17. The third kappa shape index (κ3) is 2.60. The smallest absolute Gasteiger partial charge is 0.0256 e. The molecule has 0 fully saturated rings. The maximum Gasteiger partial charge on any atom is 0.0256 e. The number of halogens is 1. The van der Waals surface area contributed by atoms with Crippen LogP contribution in [-0.2, 0) is 0 Å². The summed E-state index contributed by atoms with van der Waals surface area (Å²) in [6.07, 6.45) is 7.27. The van der Waals surface area contributed by atoms with Crippen molar-refractivity contribution in [3.63, 3.8) is 0 Å². The summed E-state index contributed by atoms with van der Waals surface area (Å²) in [6, 6.07) is 6.17. The second-order valence-corrected chi connectivity index (χ2v) is 4.19. The SMILES string of the molecule is C#Cc1cc(I)cc(C(C)C=C)c1. The zero-order valence-electron chi connectivity index (χ0n) is 7.55. The number of benzene rings is 1. The van der Waals surface area contributed by atoms with Gasteiger partial charge in [0.15, 0.2) is 0 Å². The lowest BCUT2D eigenvalue weighted by Crippen LogP contribution is -1.91. The largest absolute Gasteiger partial charge is 0.115 e. The molecule has 0 amide bonds. The molecule has 66 valence electrons. The van der Waals surface area contributed by atoms with Crippen LogP contribution in [0.3, 0.4) is 0 Å². The first-order valence-corrected chi connectivity index (χ1v) is 5.15. The first-order chi connectivity index (χ1) is 6.17. The van der Waals surface area contributed by atoms with Gasteiger partial charge in [0.25, 0.3) is 0 Å². The molecule has 0 saturated heterocycles. The molecule has 0 saturated carbocycles. The van der Waals surface area contributed by atoms with Crippen LogP contribution in [0.25, 0.3) is 0 Å². The third-order valence-electron chi connectivity index (χ3n) is 1.97. The van der Waals surface area contributed by atoms with Crippen molar-refractivity contribution >= 4 is 22.6 Å². The molecule has 0 bridgehead atoms. The molecule has 0 aliphatic rings. The van der Waals surface area contributed by atoms with Crippen LogP contribution in [0.1, 0.15) is 24.0 Å². The molecule has 13 heavy (non-hydrogen) atoms. The molecule has 0 heterocycles. The molecule has 1 aromatic carbocycles. The van der Waals surface area contributed by atoms with Gasteiger partial charge >= 0.3 is 0 Å². The first kappa shape index (κ1) is 10.3. The van der Waals surface area contributed by atoms with E-state index in [1.165, 1.54) is 9.13 Å². The monoisotopic (exact) mass is 282 g/mol. The van der Waals surface area contributed by atoms with E-state index in [0.29, 0.717) is 5.92 Å². The van der Waals surface area contributed by atoms with Gasteiger partial charge in [-0.25, -0.2) is 0 Å². The van der Waals surface area contributed by atoms with E-state index < -0.39 is 0 Å². The van der Waals surface area contributed by atoms with Crippen LogP contribution in [0.15, 0.2) is 30.9 Å². The molecular formula is C12H11I. The van der Waals surface area contributed by atoms with Gasteiger partial charge in [-0.05, 0) is 52.3 Å². The Morgan fingerprint density at radius 3 is 2.77 bits per heavy atom. The van der Waals surface area contributed by atoms with Crippen molar-refractivity contribution in [1.29, 1.82) is 0 Å². The fourth-order valence-electron chi connectivity index (χ4n) is 1.09. The van der Waals surface area contributed by atoms with Gasteiger partial charge in [-0.15, -0.1) is 13.0 Å². The van der Waals surface area contributed by atoms with Crippen LogP contribution in [0.4, 0.5) is 0 Å². The van der Waals surface area contributed by atoms with Crippen molar-refractivity contribution in [3.8, 4) is 12.3 Å². The third-order valence-corrected chi connectivity index (χ3v) is 2.59. The predicted molar refractivity (Wildman–Crippen MR) is 65.7 cm³/mol. The molecule has 0 aliphatic carbocycles. The van der Waals surface area contributed by atoms with Gasteiger partial charge in [0.05, 0.1) is 0 Å². The zero-order valence-corrected chi connectivity index (χ0v) is 9.71. The fourth-order valence-corrected chi connectivity index (χ4v) is 1.79. The van der Waals surface area contributed by atoms with Gasteiger partial charge in [-0.3, -0.25) is 0 Å². The number of allylic oxidation sites excluding steroid dienone is 1. The molecule has 0 aliphatic heterocycles. The average Bonchev–Trinajstić information content (AvgIpc) is 2.15. The zero-order chi connectivity index (χ0) is 9.84. The summed E-state index contributed by atoms with van der Waals surface area (Å²) in [7, 11) is 0. The van der Waals surface area contributed by atoms with Crippen molar-refractivity contribution in [2.75, 3.05) is 0 Å². The van der Waals surface area contributed by atoms with Crippen molar-refractivity contribution in [1.82, 2.24) is 0 Å². The van der Waals surface area contributed by atoms with Gasteiger partial charge in [0.2, 0.25) is 0 Å². The second-order valence-electron chi connectivity index (χ2n) is 2.94. The molecule has 0 N–H and O–H groups in total. The van der Waals surface area contributed by atoms with Crippen molar-refractivity contribution in [3.05, 3.63) is 45.6 Å². The van der Waals surface area contributed by atoms with Crippen molar-refractivity contribution in [2.45, 2.75) is 12.8 Å². The Hall–Kier alpha value is -0.750. The van der Waals surface area contributed by atoms with E-state index in [1.54, 1.807) is 0 Å². The Morgan fingerprint density at radius 2 is 2.23 bits per heavy atom. The lowest BCUT2D eigenvalue weighted by atomic mass is 9.99. The lowest BCUT2D eigenvalue weighted by molar-refractivity contribution is 0.968. The van der Waals surface area contributed by atoms with E-state index >= 15 is 0 Å². The van der Waals surface area contributed by atoms with Crippen LogP contribution >= 0.6 is 22.6 Å². The van der Waals surface area contributed by atoms with Crippen LogP contribution in [0.2, 0.25) is 0 Å². The van der Waals surface area contributed by atoms with Crippen LogP contribution in [-0.4, -0.2) is 0 Å².